The van der Waals surface area contributed by atoms with Crippen LogP contribution in [0.15, 0.2) is 41.3 Å². The minimum atomic E-state index is -3.48. The van der Waals surface area contributed by atoms with Crippen LogP contribution in [0.5, 0.6) is 0 Å². The molecule has 0 aromatic heterocycles. The van der Waals surface area contributed by atoms with Crippen LogP contribution in [0.1, 0.15) is 10.4 Å². The van der Waals surface area contributed by atoms with Gasteiger partial charge in [0.2, 0.25) is 0 Å². The Labute approximate surface area is 192 Å². The molecule has 0 unspecified atom stereocenters. The number of nitrogens with one attached hydrogen (secondary N) is 1. The summed E-state index contributed by atoms with van der Waals surface area (Å²) in [5, 5.41) is 8.93. The molecule has 2 aromatic rings. The molecule has 2 aliphatic rings. The summed E-state index contributed by atoms with van der Waals surface area (Å²) in [5.74, 6) is -0.716. The van der Waals surface area contributed by atoms with Crippen molar-refractivity contribution in [2.45, 2.75) is 4.90 Å². The minimum absolute atomic E-state index is 0.0983. The Morgan fingerprint density at radius 1 is 0.970 bits per heavy atom. The SMILES string of the molecule is CS(=O)(=O)c1ccc(N2CCOCC2)c(C(=O)N2CCN(c3ccc(NO)cc3F)CC2)c1. The monoisotopic (exact) mass is 478 g/mol. The summed E-state index contributed by atoms with van der Waals surface area (Å²) in [6.07, 6.45) is 1.12. The quantitative estimate of drug-likeness (QED) is 0.628. The number of morpholine rings is 1. The predicted molar refractivity (Wildman–Crippen MR) is 123 cm³/mol. The smallest absolute Gasteiger partial charge is 0.256 e. The van der Waals surface area contributed by atoms with Gasteiger partial charge in [-0.05, 0) is 30.3 Å². The second kappa shape index (κ2) is 9.54. The van der Waals surface area contributed by atoms with E-state index in [9.17, 15) is 17.6 Å². The molecule has 2 saturated heterocycles. The zero-order chi connectivity index (χ0) is 23.6. The van der Waals surface area contributed by atoms with Crippen LogP contribution >= 0.6 is 0 Å². The van der Waals surface area contributed by atoms with E-state index in [1.807, 2.05) is 15.3 Å². The normalized spacial score (nSPS) is 17.2. The van der Waals surface area contributed by atoms with E-state index in [0.29, 0.717) is 69.4 Å². The first-order chi connectivity index (χ1) is 15.8. The van der Waals surface area contributed by atoms with Crippen LogP contribution in [0, 0.1) is 5.82 Å². The van der Waals surface area contributed by atoms with Crippen LogP contribution in [0.4, 0.5) is 21.5 Å². The predicted octanol–water partition coefficient (Wildman–Crippen LogP) is 1.83. The third-order valence-electron chi connectivity index (χ3n) is 5.96. The van der Waals surface area contributed by atoms with Gasteiger partial charge in [-0.3, -0.25) is 15.5 Å². The van der Waals surface area contributed by atoms with Crippen molar-refractivity contribution >= 4 is 32.8 Å². The third-order valence-corrected chi connectivity index (χ3v) is 7.07. The number of carbonyl (C=O) groups is 1. The molecule has 0 bridgehead atoms. The average molecular weight is 479 g/mol. The van der Waals surface area contributed by atoms with Crippen molar-refractivity contribution in [3.05, 3.63) is 47.8 Å². The van der Waals surface area contributed by atoms with Crippen LogP contribution in [0.25, 0.3) is 0 Å². The highest BCUT2D eigenvalue weighted by Crippen LogP contribution is 2.28. The van der Waals surface area contributed by atoms with Gasteiger partial charge in [-0.1, -0.05) is 0 Å². The lowest BCUT2D eigenvalue weighted by atomic mass is 10.1. The molecule has 2 aliphatic heterocycles. The summed E-state index contributed by atoms with van der Waals surface area (Å²) in [5.41, 5.74) is 3.61. The van der Waals surface area contributed by atoms with Crippen molar-refractivity contribution < 1.29 is 27.5 Å². The van der Waals surface area contributed by atoms with Crippen LogP contribution in [0.2, 0.25) is 0 Å². The number of benzene rings is 2. The van der Waals surface area contributed by atoms with Crippen molar-refractivity contribution in [3.8, 4) is 0 Å². The van der Waals surface area contributed by atoms with Gasteiger partial charge in [0.1, 0.15) is 5.82 Å². The maximum absolute atomic E-state index is 14.4. The first-order valence-electron chi connectivity index (χ1n) is 10.7. The molecule has 2 N–H and O–H groups in total. The van der Waals surface area contributed by atoms with E-state index in [0.717, 1.165) is 6.26 Å². The lowest BCUT2D eigenvalue weighted by Gasteiger charge is -2.37. The van der Waals surface area contributed by atoms with Gasteiger partial charge in [-0.25, -0.2) is 12.8 Å². The maximum atomic E-state index is 14.4. The van der Waals surface area contributed by atoms with Gasteiger partial charge >= 0.3 is 0 Å². The molecule has 0 radical (unpaired) electrons. The first-order valence-corrected chi connectivity index (χ1v) is 12.6. The molecular formula is C22H27FN4O5S. The molecule has 2 aromatic carbocycles. The number of sulfone groups is 1. The Morgan fingerprint density at radius 3 is 2.21 bits per heavy atom. The number of halogens is 1. The number of anilines is 3. The molecule has 0 saturated carbocycles. The van der Waals surface area contributed by atoms with E-state index < -0.39 is 15.7 Å². The largest absolute Gasteiger partial charge is 0.378 e. The number of carbonyl (C=O) groups excluding carboxylic acids is 1. The van der Waals surface area contributed by atoms with Crippen molar-refractivity contribution in [2.75, 3.05) is 74.0 Å². The minimum Gasteiger partial charge on any atom is -0.378 e. The molecule has 0 spiro atoms. The first kappa shape index (κ1) is 23.3. The number of rotatable bonds is 5. The molecule has 2 heterocycles. The number of hydrogen-bond acceptors (Lipinski definition) is 8. The third kappa shape index (κ3) is 5.05. The standard InChI is InChI=1S/C22H27FN4O5S/c1-33(30,31)17-3-5-20(26-10-12-32-13-11-26)18(15-17)22(28)27-8-6-25(7-9-27)21-4-2-16(24-29)14-19(21)23/h2-5,14-15,24,29H,6-13H2,1H3. The number of hydrogen-bond donors (Lipinski definition) is 2. The van der Waals surface area contributed by atoms with Crippen molar-refractivity contribution in [2.24, 2.45) is 0 Å². The average Bonchev–Trinajstić information content (AvgIpc) is 2.83. The number of piperazine rings is 1. The Balaban J connectivity index is 1.55. The van der Waals surface area contributed by atoms with Crippen molar-refractivity contribution in [1.82, 2.24) is 4.90 Å². The molecule has 1 amide bonds. The van der Waals surface area contributed by atoms with Gasteiger partial charge in [0.05, 0.1) is 35.0 Å². The topological polar surface area (TPSA) is 102 Å². The van der Waals surface area contributed by atoms with E-state index in [4.69, 9.17) is 9.94 Å². The number of ether oxygens (including phenoxy) is 1. The molecule has 9 nitrogen and oxygen atoms in total. The van der Waals surface area contributed by atoms with E-state index in [2.05, 4.69) is 0 Å². The van der Waals surface area contributed by atoms with Crippen LogP contribution in [-0.4, -0.2) is 83.2 Å². The lowest BCUT2D eigenvalue weighted by Crippen LogP contribution is -2.49. The van der Waals surface area contributed by atoms with E-state index >= 15 is 0 Å². The Kier molecular flexibility index (Phi) is 6.73. The van der Waals surface area contributed by atoms with Gasteiger partial charge in [-0.15, -0.1) is 0 Å². The van der Waals surface area contributed by atoms with Crippen molar-refractivity contribution in [1.29, 1.82) is 0 Å². The summed E-state index contributed by atoms with van der Waals surface area (Å²) in [7, 11) is -3.48. The Morgan fingerprint density at radius 2 is 1.61 bits per heavy atom. The molecule has 2 fully saturated rings. The summed E-state index contributed by atoms with van der Waals surface area (Å²) >= 11 is 0. The van der Waals surface area contributed by atoms with Gasteiger partial charge in [0, 0.05) is 57.3 Å². The second-order valence-corrected chi connectivity index (χ2v) is 10.1. The van der Waals surface area contributed by atoms with Gasteiger partial charge < -0.3 is 19.4 Å². The van der Waals surface area contributed by atoms with E-state index in [1.54, 1.807) is 23.1 Å². The summed E-state index contributed by atoms with van der Waals surface area (Å²) < 4.78 is 44.1. The zero-order valence-electron chi connectivity index (χ0n) is 18.3. The highest BCUT2D eigenvalue weighted by atomic mass is 32.2. The van der Waals surface area contributed by atoms with Gasteiger partial charge in [0.25, 0.3) is 5.91 Å². The van der Waals surface area contributed by atoms with Gasteiger partial charge in [-0.2, -0.15) is 0 Å². The van der Waals surface area contributed by atoms with Crippen molar-refractivity contribution in [3.63, 3.8) is 0 Å². The molecule has 4 rings (SSSR count). The zero-order valence-corrected chi connectivity index (χ0v) is 19.1. The van der Waals surface area contributed by atoms with Crippen LogP contribution in [0.3, 0.4) is 0 Å². The summed E-state index contributed by atoms with van der Waals surface area (Å²) in [4.78, 5) is 19.1. The lowest BCUT2D eigenvalue weighted by molar-refractivity contribution is 0.0745. The van der Waals surface area contributed by atoms with Crippen LogP contribution < -0.4 is 15.3 Å². The van der Waals surface area contributed by atoms with Crippen LogP contribution in [-0.2, 0) is 14.6 Å². The fraction of sp³-hybridized carbons (Fsp3) is 0.409. The Hall–Kier alpha value is -2.89. The highest BCUT2D eigenvalue weighted by Gasteiger charge is 2.28. The Bertz CT molecular complexity index is 1130. The van der Waals surface area contributed by atoms with Gasteiger partial charge in [0.15, 0.2) is 9.84 Å². The molecule has 0 atom stereocenters. The maximum Gasteiger partial charge on any atom is 0.256 e. The van der Waals surface area contributed by atoms with E-state index in [1.165, 1.54) is 18.2 Å². The molecule has 11 heteroatoms. The van der Waals surface area contributed by atoms with E-state index in [-0.39, 0.29) is 16.5 Å². The summed E-state index contributed by atoms with van der Waals surface area (Å²) in [6, 6.07) is 9.03. The summed E-state index contributed by atoms with van der Waals surface area (Å²) in [6.45, 7) is 3.88. The fourth-order valence-electron chi connectivity index (χ4n) is 4.15. The molecule has 0 aliphatic carbocycles. The molecule has 178 valence electrons. The second-order valence-electron chi connectivity index (χ2n) is 8.11. The molecule has 33 heavy (non-hydrogen) atoms. The highest BCUT2D eigenvalue weighted by molar-refractivity contribution is 7.90. The molecular weight excluding hydrogens is 451 g/mol. The number of amides is 1. The fourth-order valence-corrected chi connectivity index (χ4v) is 4.80. The number of nitrogens with zero attached hydrogens (tertiary/aromatic N) is 3.